The van der Waals surface area contributed by atoms with E-state index in [1.54, 1.807) is 0 Å². The van der Waals surface area contributed by atoms with Crippen LogP contribution in [-0.2, 0) is 13.0 Å². The Morgan fingerprint density at radius 2 is 2.32 bits per heavy atom. The summed E-state index contributed by atoms with van der Waals surface area (Å²) in [6.45, 7) is 3.35. The SMILES string of the molecule is c1cnc2c(c1)nc(CC1CCCSC1)n2CC1CCNC1. The van der Waals surface area contributed by atoms with Crippen molar-refractivity contribution in [1.29, 1.82) is 0 Å². The summed E-state index contributed by atoms with van der Waals surface area (Å²) in [6.07, 6.45) is 7.00. The highest BCUT2D eigenvalue weighted by atomic mass is 32.2. The molecule has 2 aliphatic heterocycles. The van der Waals surface area contributed by atoms with E-state index in [4.69, 9.17) is 4.98 Å². The highest BCUT2D eigenvalue weighted by molar-refractivity contribution is 7.99. The van der Waals surface area contributed by atoms with Crippen molar-refractivity contribution in [2.75, 3.05) is 24.6 Å². The third-order valence-electron chi connectivity index (χ3n) is 4.91. The summed E-state index contributed by atoms with van der Waals surface area (Å²) in [5.41, 5.74) is 2.14. The first-order valence-corrected chi connectivity index (χ1v) is 9.64. The van der Waals surface area contributed by atoms with Gasteiger partial charge >= 0.3 is 0 Å². The van der Waals surface area contributed by atoms with Crippen LogP contribution in [0.3, 0.4) is 0 Å². The molecule has 5 heteroatoms. The van der Waals surface area contributed by atoms with E-state index in [1.807, 2.05) is 12.3 Å². The molecule has 22 heavy (non-hydrogen) atoms. The molecule has 1 N–H and O–H groups in total. The molecule has 2 unspecified atom stereocenters. The van der Waals surface area contributed by atoms with Crippen molar-refractivity contribution in [2.45, 2.75) is 32.2 Å². The van der Waals surface area contributed by atoms with E-state index in [9.17, 15) is 0 Å². The first kappa shape index (κ1) is 14.5. The minimum absolute atomic E-state index is 0.721. The van der Waals surface area contributed by atoms with Crippen molar-refractivity contribution in [3.8, 4) is 0 Å². The third-order valence-corrected chi connectivity index (χ3v) is 6.20. The lowest BCUT2D eigenvalue weighted by molar-refractivity contribution is 0.450. The number of fused-ring (bicyclic) bond motifs is 1. The Kier molecular flexibility index (Phi) is 4.35. The molecule has 2 atom stereocenters. The maximum atomic E-state index is 4.92. The van der Waals surface area contributed by atoms with Gasteiger partial charge in [-0.2, -0.15) is 11.8 Å². The molecule has 2 saturated heterocycles. The summed E-state index contributed by atoms with van der Waals surface area (Å²) in [6, 6.07) is 4.10. The van der Waals surface area contributed by atoms with Gasteiger partial charge in [-0.1, -0.05) is 0 Å². The van der Waals surface area contributed by atoms with Gasteiger partial charge in [0.1, 0.15) is 11.3 Å². The van der Waals surface area contributed by atoms with Crippen molar-refractivity contribution >= 4 is 22.9 Å². The number of thioether (sulfide) groups is 1. The van der Waals surface area contributed by atoms with Crippen LogP contribution >= 0.6 is 11.8 Å². The van der Waals surface area contributed by atoms with Gasteiger partial charge < -0.3 is 9.88 Å². The Morgan fingerprint density at radius 1 is 1.32 bits per heavy atom. The number of pyridine rings is 1. The van der Waals surface area contributed by atoms with Crippen molar-refractivity contribution in [1.82, 2.24) is 19.9 Å². The molecule has 2 aliphatic rings. The van der Waals surface area contributed by atoms with Crippen molar-refractivity contribution in [2.24, 2.45) is 11.8 Å². The molecule has 118 valence electrons. The Hall–Kier alpha value is -1.07. The van der Waals surface area contributed by atoms with E-state index < -0.39 is 0 Å². The lowest BCUT2D eigenvalue weighted by Crippen LogP contribution is -2.20. The minimum Gasteiger partial charge on any atom is -0.316 e. The van der Waals surface area contributed by atoms with Crippen LogP contribution in [0, 0.1) is 11.8 Å². The Morgan fingerprint density at radius 3 is 3.14 bits per heavy atom. The first-order chi connectivity index (χ1) is 10.9. The van der Waals surface area contributed by atoms with E-state index in [-0.39, 0.29) is 0 Å². The van der Waals surface area contributed by atoms with Crippen LogP contribution in [0.1, 0.15) is 25.1 Å². The van der Waals surface area contributed by atoms with Gasteiger partial charge in [-0.15, -0.1) is 0 Å². The molecule has 0 aliphatic carbocycles. The highest BCUT2D eigenvalue weighted by Crippen LogP contribution is 2.27. The quantitative estimate of drug-likeness (QED) is 0.942. The van der Waals surface area contributed by atoms with E-state index >= 15 is 0 Å². The van der Waals surface area contributed by atoms with Crippen LogP contribution in [-0.4, -0.2) is 39.1 Å². The van der Waals surface area contributed by atoms with Crippen LogP contribution in [0.25, 0.3) is 11.2 Å². The molecule has 0 radical (unpaired) electrons. The standard InChI is InChI=1S/C17H24N4S/c1-4-15-17(19-6-1)21(11-14-5-7-18-10-14)16(20-15)9-13-3-2-8-22-12-13/h1,4,6,13-14,18H,2-3,5,7-12H2. The average Bonchev–Trinajstić information content (AvgIpc) is 3.18. The van der Waals surface area contributed by atoms with Crippen LogP contribution in [0.5, 0.6) is 0 Å². The molecule has 0 amide bonds. The zero-order valence-electron chi connectivity index (χ0n) is 13.0. The maximum absolute atomic E-state index is 4.92. The van der Waals surface area contributed by atoms with Crippen molar-refractivity contribution < 1.29 is 0 Å². The second kappa shape index (κ2) is 6.59. The third kappa shape index (κ3) is 3.01. The zero-order valence-corrected chi connectivity index (χ0v) is 13.8. The van der Waals surface area contributed by atoms with Gasteiger partial charge in [0, 0.05) is 19.2 Å². The molecule has 0 spiro atoms. The summed E-state index contributed by atoms with van der Waals surface area (Å²) < 4.78 is 2.41. The average molecular weight is 316 g/mol. The molecule has 2 aromatic rings. The van der Waals surface area contributed by atoms with Gasteiger partial charge in [0.25, 0.3) is 0 Å². The number of rotatable bonds is 4. The Labute approximate surface area is 136 Å². The number of nitrogens with one attached hydrogen (secondary N) is 1. The molecule has 2 fully saturated rings. The monoisotopic (exact) mass is 316 g/mol. The molecule has 0 aromatic carbocycles. The summed E-state index contributed by atoms with van der Waals surface area (Å²) in [5.74, 6) is 5.40. The predicted octanol–water partition coefficient (Wildman–Crippen LogP) is 2.73. The zero-order chi connectivity index (χ0) is 14.8. The predicted molar refractivity (Wildman–Crippen MR) is 92.3 cm³/mol. The van der Waals surface area contributed by atoms with Gasteiger partial charge in [-0.05, 0) is 67.8 Å². The van der Waals surface area contributed by atoms with Crippen LogP contribution in [0.4, 0.5) is 0 Å². The second-order valence-electron chi connectivity index (χ2n) is 6.63. The fourth-order valence-electron chi connectivity index (χ4n) is 3.71. The lowest BCUT2D eigenvalue weighted by Gasteiger charge is -2.21. The maximum Gasteiger partial charge on any atom is 0.159 e. The smallest absolute Gasteiger partial charge is 0.159 e. The van der Waals surface area contributed by atoms with Crippen molar-refractivity contribution in [3.63, 3.8) is 0 Å². The molecule has 0 saturated carbocycles. The van der Waals surface area contributed by atoms with E-state index in [0.717, 1.165) is 49.1 Å². The molecular weight excluding hydrogens is 292 g/mol. The molecule has 4 heterocycles. The lowest BCUT2D eigenvalue weighted by atomic mass is 10.0. The molecule has 0 bridgehead atoms. The van der Waals surface area contributed by atoms with Gasteiger partial charge in [0.2, 0.25) is 0 Å². The summed E-state index contributed by atoms with van der Waals surface area (Å²) in [4.78, 5) is 9.53. The topological polar surface area (TPSA) is 42.7 Å². The number of imidazole rings is 1. The van der Waals surface area contributed by atoms with Crippen molar-refractivity contribution in [3.05, 3.63) is 24.2 Å². The van der Waals surface area contributed by atoms with Gasteiger partial charge in [-0.3, -0.25) is 0 Å². The van der Waals surface area contributed by atoms with E-state index in [2.05, 4.69) is 32.7 Å². The second-order valence-corrected chi connectivity index (χ2v) is 7.78. The Bertz CT molecular complexity index is 627. The van der Waals surface area contributed by atoms with Crippen LogP contribution in [0.15, 0.2) is 18.3 Å². The fraction of sp³-hybridized carbons (Fsp3) is 0.647. The van der Waals surface area contributed by atoms with Gasteiger partial charge in [0.15, 0.2) is 5.65 Å². The molecule has 4 rings (SSSR count). The number of aromatic nitrogens is 3. The van der Waals surface area contributed by atoms with Crippen LogP contribution < -0.4 is 5.32 Å². The fourth-order valence-corrected chi connectivity index (χ4v) is 4.86. The van der Waals surface area contributed by atoms with Crippen LogP contribution in [0.2, 0.25) is 0 Å². The largest absolute Gasteiger partial charge is 0.316 e. The van der Waals surface area contributed by atoms with Gasteiger partial charge in [-0.25, -0.2) is 9.97 Å². The first-order valence-electron chi connectivity index (χ1n) is 8.49. The highest BCUT2D eigenvalue weighted by Gasteiger charge is 2.22. The summed E-state index contributed by atoms with van der Waals surface area (Å²) in [5, 5.41) is 3.48. The summed E-state index contributed by atoms with van der Waals surface area (Å²) in [7, 11) is 0. The van der Waals surface area contributed by atoms with E-state index in [0.29, 0.717) is 0 Å². The minimum atomic E-state index is 0.721. The van der Waals surface area contributed by atoms with Gasteiger partial charge in [0.05, 0.1) is 0 Å². The number of hydrogen-bond donors (Lipinski definition) is 1. The normalized spacial score (nSPS) is 25.8. The van der Waals surface area contributed by atoms with E-state index in [1.165, 1.54) is 36.6 Å². The molecule has 2 aromatic heterocycles. The molecular formula is C17H24N4S. The number of nitrogens with zero attached hydrogens (tertiary/aromatic N) is 3. The summed E-state index contributed by atoms with van der Waals surface area (Å²) >= 11 is 2.11. The molecule has 4 nitrogen and oxygen atoms in total. The number of hydrogen-bond acceptors (Lipinski definition) is 4. The Balaban J connectivity index is 1.62.